The summed E-state index contributed by atoms with van der Waals surface area (Å²) in [5.41, 5.74) is 3.58. The van der Waals surface area contributed by atoms with Crippen LogP contribution in [0.25, 0.3) is 33.2 Å². The molecule has 0 bridgehead atoms. The fourth-order valence-electron chi connectivity index (χ4n) is 8.42. The van der Waals surface area contributed by atoms with Crippen molar-refractivity contribution in [2.24, 2.45) is 0 Å². The highest BCUT2D eigenvalue weighted by Gasteiger charge is 2.41. The van der Waals surface area contributed by atoms with Gasteiger partial charge in [-0.3, -0.25) is 19.2 Å². The maximum atomic E-state index is 14.8. The van der Waals surface area contributed by atoms with E-state index in [-0.39, 0.29) is 62.4 Å². The second-order valence-corrected chi connectivity index (χ2v) is 15.8. The van der Waals surface area contributed by atoms with E-state index < -0.39 is 60.1 Å². The van der Waals surface area contributed by atoms with E-state index in [2.05, 4.69) is 31.2 Å². The largest absolute Gasteiger partial charge is 0.391 e. The lowest BCUT2D eigenvalue weighted by Gasteiger charge is -2.30. The van der Waals surface area contributed by atoms with E-state index in [0.29, 0.717) is 46.0 Å². The average molecular weight is 807 g/mol. The molecule has 4 aromatic rings. The molecule has 6 rings (SSSR count). The van der Waals surface area contributed by atoms with Crippen molar-refractivity contribution in [1.82, 2.24) is 41.0 Å². The lowest BCUT2D eigenvalue weighted by molar-refractivity contribution is -0.138. The number of likely N-dealkylation sites (N-methyl/N-ethyl adjacent to an activating group) is 2. The average Bonchev–Trinajstić information content (AvgIpc) is 3.96. The number of fused-ring (bicyclic) bond motifs is 2. The number of hydrogen-bond acceptors (Lipinski definition) is 8. The predicted octanol–water partition coefficient (Wildman–Crippen LogP) is 2.61. The van der Waals surface area contributed by atoms with E-state index in [1.807, 2.05) is 13.8 Å². The van der Waals surface area contributed by atoms with Crippen LogP contribution in [0.5, 0.6) is 0 Å². The molecule has 2 unspecified atom stereocenters. The molecule has 2 aromatic heterocycles. The molecule has 0 spiro atoms. The van der Waals surface area contributed by atoms with Crippen molar-refractivity contribution in [2.75, 3.05) is 27.2 Å². The summed E-state index contributed by atoms with van der Waals surface area (Å²) in [5.74, 6) is -2.21. The Morgan fingerprint density at radius 1 is 0.707 bits per heavy atom. The lowest BCUT2D eigenvalue weighted by Crippen LogP contribution is -2.53. The molecule has 314 valence electrons. The summed E-state index contributed by atoms with van der Waals surface area (Å²) in [6, 6.07) is 5.13. The first-order valence-corrected chi connectivity index (χ1v) is 20.2. The Morgan fingerprint density at radius 2 is 1.09 bits per heavy atom. The summed E-state index contributed by atoms with van der Waals surface area (Å²) in [6.07, 6.45) is 0.0738. The van der Waals surface area contributed by atoms with Crippen molar-refractivity contribution in [1.29, 1.82) is 0 Å². The van der Waals surface area contributed by atoms with Crippen molar-refractivity contribution in [3.63, 3.8) is 0 Å². The van der Waals surface area contributed by atoms with Crippen LogP contribution in [0.15, 0.2) is 36.4 Å². The number of carbonyl (C=O) groups is 4. The molecule has 4 amide bonds. The SMILES string of the molecule is CC[C@H](NC(=O)[C@H](C)NC)C(=O)N1C[C@@H](O)CC1Cc1c(-c2[nH]c3cc(F)ccc3c2CC2C[C@H](O)CN2C(=O)[C@H](CC)NC(=O)[C@H](C)NC)[nH]c2cc(F)ccc12. The Bertz CT molecular complexity index is 2010. The highest BCUT2D eigenvalue weighted by molar-refractivity contribution is 5.97. The van der Waals surface area contributed by atoms with Gasteiger partial charge in [-0.15, -0.1) is 0 Å². The van der Waals surface area contributed by atoms with Crippen molar-refractivity contribution in [3.05, 3.63) is 59.2 Å². The number of nitrogens with zero attached hydrogens (tertiary/aromatic N) is 2. The molecular weight excluding hydrogens is 751 g/mol. The number of β-amino-alcohol motifs (C(OH)–C–C–N with tert-alkyl or cyclic N) is 2. The van der Waals surface area contributed by atoms with Gasteiger partial charge in [0.1, 0.15) is 23.7 Å². The van der Waals surface area contributed by atoms with E-state index in [9.17, 15) is 38.2 Å². The van der Waals surface area contributed by atoms with Gasteiger partial charge in [0.25, 0.3) is 0 Å². The molecule has 2 aromatic carbocycles. The number of rotatable bonds is 15. The third-order valence-electron chi connectivity index (χ3n) is 11.9. The Hall–Kier alpha value is -4.90. The Kier molecular flexibility index (Phi) is 13.2. The standard InChI is InChI=1S/C42H56F2N8O6/c1-7-33(49-39(55)21(3)45-5)41(57)51-19-27(53)15-25(51)17-31-29-11-9-23(43)13-35(29)47-37(31)38-32(30-12-10-24(44)14-36(30)48-38)18-26-16-28(54)20-52(26)42(58)34(8-2)50-40(56)22(4)46-6/h9-14,21-22,25-28,33-34,45-48,53-54H,7-8,15-20H2,1-6H3,(H,49,55)(H,50,56)/t21-,22-,25?,26?,27-,28-,33-,34-/m0/s1. The number of amides is 4. The van der Waals surface area contributed by atoms with Crippen LogP contribution in [0.3, 0.4) is 0 Å². The molecule has 2 fully saturated rings. The van der Waals surface area contributed by atoms with Gasteiger partial charge in [0.15, 0.2) is 0 Å². The second-order valence-electron chi connectivity index (χ2n) is 15.8. The molecule has 0 radical (unpaired) electrons. The number of aromatic amines is 2. The van der Waals surface area contributed by atoms with E-state index in [4.69, 9.17) is 0 Å². The molecule has 2 aliphatic heterocycles. The maximum absolute atomic E-state index is 14.8. The van der Waals surface area contributed by atoms with E-state index >= 15 is 0 Å². The summed E-state index contributed by atoms with van der Waals surface area (Å²) in [5, 5.41) is 34.7. The number of H-pyrrole nitrogens is 2. The number of nitrogens with one attached hydrogen (secondary N) is 6. The molecule has 58 heavy (non-hydrogen) atoms. The molecule has 8 atom stereocenters. The normalized spacial score (nSPS) is 21.7. The first-order chi connectivity index (χ1) is 27.7. The summed E-state index contributed by atoms with van der Waals surface area (Å²) in [6.45, 7) is 7.15. The quantitative estimate of drug-likeness (QED) is 0.0899. The van der Waals surface area contributed by atoms with E-state index in [1.165, 1.54) is 24.3 Å². The summed E-state index contributed by atoms with van der Waals surface area (Å²) in [4.78, 5) is 63.7. The van der Waals surface area contributed by atoms with Gasteiger partial charge >= 0.3 is 0 Å². The van der Waals surface area contributed by atoms with Crippen LogP contribution in [0.1, 0.15) is 64.5 Å². The zero-order valence-corrected chi connectivity index (χ0v) is 33.9. The van der Waals surface area contributed by atoms with Gasteiger partial charge in [-0.05, 0) is 114 Å². The van der Waals surface area contributed by atoms with Gasteiger partial charge < -0.3 is 51.2 Å². The monoisotopic (exact) mass is 806 g/mol. The third-order valence-corrected chi connectivity index (χ3v) is 11.9. The highest BCUT2D eigenvalue weighted by atomic mass is 19.1. The predicted molar refractivity (Wildman–Crippen MR) is 217 cm³/mol. The number of hydrogen-bond donors (Lipinski definition) is 8. The number of halogens is 2. The van der Waals surface area contributed by atoms with Crippen LogP contribution < -0.4 is 21.3 Å². The number of likely N-dealkylation sites (tertiary alicyclic amines) is 2. The van der Waals surface area contributed by atoms with Crippen LogP contribution in [0, 0.1) is 11.6 Å². The van der Waals surface area contributed by atoms with Gasteiger partial charge in [-0.25, -0.2) is 8.78 Å². The fraction of sp³-hybridized carbons (Fsp3) is 0.524. The molecule has 2 aliphatic rings. The zero-order chi connectivity index (χ0) is 42.0. The van der Waals surface area contributed by atoms with Gasteiger partial charge in [-0.1, -0.05) is 13.8 Å². The van der Waals surface area contributed by atoms with Gasteiger partial charge in [0.2, 0.25) is 23.6 Å². The summed E-state index contributed by atoms with van der Waals surface area (Å²) in [7, 11) is 3.31. The second kappa shape index (κ2) is 17.9. The van der Waals surface area contributed by atoms with Crippen LogP contribution in [-0.2, 0) is 32.0 Å². The minimum absolute atomic E-state index is 0.0711. The minimum Gasteiger partial charge on any atom is -0.391 e. The van der Waals surface area contributed by atoms with Crippen molar-refractivity contribution in [2.45, 2.75) is 115 Å². The lowest BCUT2D eigenvalue weighted by atomic mass is 9.94. The van der Waals surface area contributed by atoms with E-state index in [1.54, 1.807) is 49.9 Å². The van der Waals surface area contributed by atoms with Crippen molar-refractivity contribution in [3.8, 4) is 11.4 Å². The highest BCUT2D eigenvalue weighted by Crippen LogP contribution is 2.40. The van der Waals surface area contributed by atoms with Crippen LogP contribution >= 0.6 is 0 Å². The van der Waals surface area contributed by atoms with Gasteiger partial charge in [0.05, 0.1) is 35.7 Å². The first kappa shape index (κ1) is 42.7. The zero-order valence-electron chi connectivity index (χ0n) is 33.9. The number of aromatic nitrogens is 2. The molecule has 0 aliphatic carbocycles. The minimum atomic E-state index is -0.817. The summed E-state index contributed by atoms with van der Waals surface area (Å²) >= 11 is 0. The molecule has 8 N–H and O–H groups in total. The molecule has 4 heterocycles. The van der Waals surface area contributed by atoms with Crippen molar-refractivity contribution < 1.29 is 38.2 Å². The van der Waals surface area contributed by atoms with Crippen molar-refractivity contribution >= 4 is 45.4 Å². The molecular formula is C42H56F2N8O6. The molecule has 16 heteroatoms. The van der Waals surface area contributed by atoms with Gasteiger partial charge in [-0.2, -0.15) is 0 Å². The Labute approximate surface area is 336 Å². The van der Waals surface area contributed by atoms with Crippen LogP contribution in [-0.4, -0.2) is 129 Å². The summed E-state index contributed by atoms with van der Waals surface area (Å²) < 4.78 is 29.6. The van der Waals surface area contributed by atoms with Crippen LogP contribution in [0.4, 0.5) is 8.78 Å². The van der Waals surface area contributed by atoms with E-state index in [0.717, 1.165) is 11.1 Å². The number of aliphatic hydroxyl groups excluding tert-OH is 2. The smallest absolute Gasteiger partial charge is 0.245 e. The molecule has 2 saturated heterocycles. The first-order valence-electron chi connectivity index (χ1n) is 20.2. The van der Waals surface area contributed by atoms with Crippen LogP contribution in [0.2, 0.25) is 0 Å². The topological polar surface area (TPSA) is 195 Å². The molecule has 0 saturated carbocycles. The third kappa shape index (κ3) is 8.75. The maximum Gasteiger partial charge on any atom is 0.245 e. The number of carbonyl (C=O) groups excluding carboxylic acids is 4. The van der Waals surface area contributed by atoms with Gasteiger partial charge in [0, 0.05) is 47.0 Å². The Balaban J connectivity index is 1.40. The molecule has 14 nitrogen and oxygen atoms in total. The Morgan fingerprint density at radius 3 is 1.43 bits per heavy atom. The fourth-order valence-corrected chi connectivity index (χ4v) is 8.42. The number of aliphatic hydroxyl groups is 2. The number of benzene rings is 2.